The van der Waals surface area contributed by atoms with E-state index < -0.39 is 11.2 Å². The number of benzene rings is 1. The molecule has 0 amide bonds. The fourth-order valence-electron chi connectivity index (χ4n) is 2.89. The van der Waals surface area contributed by atoms with E-state index in [0.29, 0.717) is 29.3 Å². The van der Waals surface area contributed by atoms with Gasteiger partial charge in [0, 0.05) is 19.2 Å². The first-order chi connectivity index (χ1) is 12.0. The van der Waals surface area contributed by atoms with Crippen LogP contribution in [0.1, 0.15) is 6.92 Å². The number of fused-ring (bicyclic) bond motifs is 1. The Balaban J connectivity index is 2.42. The summed E-state index contributed by atoms with van der Waals surface area (Å²) in [7, 11) is 3.17. The summed E-state index contributed by atoms with van der Waals surface area (Å²) in [5.41, 5.74) is 0.585. The van der Waals surface area contributed by atoms with Gasteiger partial charge in [-0.1, -0.05) is 18.1 Å². The van der Waals surface area contributed by atoms with Crippen molar-refractivity contribution < 1.29 is 4.74 Å². The second kappa shape index (κ2) is 6.32. The lowest BCUT2D eigenvalue weighted by Crippen LogP contribution is -2.39. The smallest absolute Gasteiger partial charge is 0.333 e. The van der Waals surface area contributed by atoms with Gasteiger partial charge in [-0.2, -0.15) is 0 Å². The Morgan fingerprint density at radius 1 is 1.28 bits per heavy atom. The van der Waals surface area contributed by atoms with Gasteiger partial charge in [0.2, 0.25) is 0 Å². The van der Waals surface area contributed by atoms with Gasteiger partial charge in [-0.05, 0) is 19.1 Å². The third kappa shape index (κ3) is 2.52. The maximum atomic E-state index is 12.8. The van der Waals surface area contributed by atoms with Gasteiger partial charge in [0.15, 0.2) is 11.2 Å². The van der Waals surface area contributed by atoms with Crippen molar-refractivity contribution in [1.29, 1.82) is 0 Å². The Hall–Kier alpha value is -3.27. The zero-order valence-corrected chi connectivity index (χ0v) is 14.3. The van der Waals surface area contributed by atoms with E-state index in [4.69, 9.17) is 11.2 Å². The number of terminal acetylenes is 1. The molecule has 2 heterocycles. The summed E-state index contributed by atoms with van der Waals surface area (Å²) in [6.45, 7) is 2.36. The minimum atomic E-state index is -0.478. The first-order valence-electron chi connectivity index (χ1n) is 7.81. The predicted molar refractivity (Wildman–Crippen MR) is 95.7 cm³/mol. The third-order valence-electron chi connectivity index (χ3n) is 4.13. The molecule has 0 saturated carbocycles. The van der Waals surface area contributed by atoms with Crippen molar-refractivity contribution in [3.8, 4) is 29.5 Å². The van der Waals surface area contributed by atoms with Crippen molar-refractivity contribution in [2.75, 3.05) is 7.11 Å². The van der Waals surface area contributed by atoms with E-state index in [1.807, 2.05) is 31.2 Å². The maximum absolute atomic E-state index is 12.8. The molecule has 0 fully saturated rings. The lowest BCUT2D eigenvalue weighted by atomic mass is 10.2. The number of rotatable bonds is 4. The number of aromatic nitrogens is 4. The molecule has 128 valence electrons. The maximum Gasteiger partial charge on any atom is 0.333 e. The molecule has 0 bridgehead atoms. The molecule has 3 aromatic rings. The largest absolute Gasteiger partial charge is 0.497 e. The highest BCUT2D eigenvalue weighted by Gasteiger charge is 2.20. The number of hydrogen-bond donors (Lipinski definition) is 0. The Labute approximate surface area is 144 Å². The Morgan fingerprint density at radius 2 is 2.04 bits per heavy atom. The van der Waals surface area contributed by atoms with Crippen molar-refractivity contribution >= 4 is 11.2 Å². The first kappa shape index (κ1) is 16.6. The van der Waals surface area contributed by atoms with E-state index in [1.54, 1.807) is 18.7 Å². The summed E-state index contributed by atoms with van der Waals surface area (Å²) in [6.07, 6.45) is 5.30. The molecule has 0 unspecified atom stereocenters. The van der Waals surface area contributed by atoms with Gasteiger partial charge < -0.3 is 9.30 Å². The third-order valence-corrected chi connectivity index (χ3v) is 4.13. The lowest BCUT2D eigenvalue weighted by molar-refractivity contribution is 0.415. The lowest BCUT2D eigenvalue weighted by Gasteiger charge is -2.08. The molecule has 7 heteroatoms. The SMILES string of the molecule is C#CCn1c(=O)c2c(nc(-c3cccc(OC)c3)n2CC)n(C)c1=O. The topological polar surface area (TPSA) is 71.1 Å². The van der Waals surface area contributed by atoms with Crippen LogP contribution in [0.5, 0.6) is 5.75 Å². The molecular weight excluding hydrogens is 320 g/mol. The molecule has 0 aliphatic heterocycles. The van der Waals surface area contributed by atoms with Crippen molar-refractivity contribution in [3.05, 3.63) is 45.1 Å². The van der Waals surface area contributed by atoms with E-state index in [0.717, 1.165) is 10.1 Å². The molecule has 25 heavy (non-hydrogen) atoms. The Kier molecular flexibility index (Phi) is 4.19. The monoisotopic (exact) mass is 338 g/mol. The van der Waals surface area contributed by atoms with Gasteiger partial charge in [0.25, 0.3) is 5.56 Å². The van der Waals surface area contributed by atoms with Gasteiger partial charge in [-0.15, -0.1) is 6.42 Å². The number of hydrogen-bond acceptors (Lipinski definition) is 4. The van der Waals surface area contributed by atoms with Gasteiger partial charge >= 0.3 is 5.69 Å². The van der Waals surface area contributed by atoms with Crippen molar-refractivity contribution in [2.45, 2.75) is 20.0 Å². The van der Waals surface area contributed by atoms with E-state index in [-0.39, 0.29) is 6.54 Å². The van der Waals surface area contributed by atoms with Gasteiger partial charge in [0.1, 0.15) is 11.6 Å². The normalized spacial score (nSPS) is 10.8. The van der Waals surface area contributed by atoms with E-state index in [9.17, 15) is 9.59 Å². The molecule has 1 aromatic carbocycles. The van der Waals surface area contributed by atoms with Crippen LogP contribution in [0.2, 0.25) is 0 Å². The van der Waals surface area contributed by atoms with Crippen molar-refractivity contribution in [2.24, 2.45) is 7.05 Å². The number of imidazole rings is 1. The molecular formula is C18H18N4O3. The number of aryl methyl sites for hydroxylation is 2. The highest BCUT2D eigenvalue weighted by atomic mass is 16.5. The van der Waals surface area contributed by atoms with Crippen LogP contribution in [0.4, 0.5) is 0 Å². The minimum absolute atomic E-state index is 0.0785. The van der Waals surface area contributed by atoms with Crippen LogP contribution in [-0.4, -0.2) is 25.8 Å². The van der Waals surface area contributed by atoms with Crippen LogP contribution in [0, 0.1) is 12.3 Å². The molecule has 0 aliphatic rings. The number of ether oxygens (including phenoxy) is 1. The molecule has 3 rings (SSSR count). The summed E-state index contributed by atoms with van der Waals surface area (Å²) >= 11 is 0. The van der Waals surface area contributed by atoms with Crippen molar-refractivity contribution in [3.63, 3.8) is 0 Å². The second-order valence-corrected chi connectivity index (χ2v) is 5.52. The minimum Gasteiger partial charge on any atom is -0.497 e. The van der Waals surface area contributed by atoms with Crippen LogP contribution in [0.3, 0.4) is 0 Å². The van der Waals surface area contributed by atoms with Crippen LogP contribution >= 0.6 is 0 Å². The summed E-state index contributed by atoms with van der Waals surface area (Å²) in [5, 5.41) is 0. The summed E-state index contributed by atoms with van der Waals surface area (Å²) < 4.78 is 9.45. The van der Waals surface area contributed by atoms with Gasteiger partial charge in [0.05, 0.1) is 13.7 Å². The quantitative estimate of drug-likeness (QED) is 0.671. The van der Waals surface area contributed by atoms with Crippen LogP contribution in [0.25, 0.3) is 22.6 Å². The second-order valence-electron chi connectivity index (χ2n) is 5.52. The van der Waals surface area contributed by atoms with Gasteiger partial charge in [-0.25, -0.2) is 14.3 Å². The van der Waals surface area contributed by atoms with Crippen molar-refractivity contribution in [1.82, 2.24) is 18.7 Å². The standard InChI is InChI=1S/C18H18N4O3/c1-5-10-22-17(23)14-16(20(3)18(22)24)19-15(21(14)6-2)12-8-7-9-13(11-12)25-4/h1,7-9,11H,6,10H2,2-4H3. The fraction of sp³-hybridized carbons (Fsp3) is 0.278. The summed E-state index contributed by atoms with van der Waals surface area (Å²) in [4.78, 5) is 29.8. The molecule has 2 aromatic heterocycles. The average Bonchev–Trinajstić information content (AvgIpc) is 3.03. The molecule has 0 atom stereocenters. The van der Waals surface area contributed by atoms with E-state index in [2.05, 4.69) is 10.9 Å². The first-order valence-corrected chi connectivity index (χ1v) is 7.81. The Morgan fingerprint density at radius 3 is 2.68 bits per heavy atom. The van der Waals surface area contributed by atoms with E-state index in [1.165, 1.54) is 4.57 Å². The van der Waals surface area contributed by atoms with E-state index >= 15 is 0 Å². The molecule has 7 nitrogen and oxygen atoms in total. The average molecular weight is 338 g/mol. The summed E-state index contributed by atoms with van der Waals surface area (Å²) in [6, 6.07) is 7.40. The predicted octanol–water partition coefficient (Wildman–Crippen LogP) is 1.23. The number of nitrogens with zero attached hydrogens (tertiary/aromatic N) is 4. The fourth-order valence-corrected chi connectivity index (χ4v) is 2.89. The molecule has 0 saturated heterocycles. The molecule has 0 radical (unpaired) electrons. The van der Waals surface area contributed by atoms with Crippen LogP contribution < -0.4 is 16.0 Å². The molecule has 0 N–H and O–H groups in total. The molecule has 0 spiro atoms. The number of methoxy groups -OCH3 is 1. The highest BCUT2D eigenvalue weighted by molar-refractivity contribution is 5.77. The zero-order valence-electron chi connectivity index (χ0n) is 14.3. The van der Waals surface area contributed by atoms with Crippen LogP contribution in [-0.2, 0) is 20.1 Å². The Bertz CT molecular complexity index is 1110. The molecule has 0 aliphatic carbocycles. The zero-order chi connectivity index (χ0) is 18.1. The highest BCUT2D eigenvalue weighted by Crippen LogP contribution is 2.25. The van der Waals surface area contributed by atoms with Crippen LogP contribution in [0.15, 0.2) is 33.9 Å². The van der Waals surface area contributed by atoms with Gasteiger partial charge in [-0.3, -0.25) is 9.36 Å². The summed E-state index contributed by atoms with van der Waals surface area (Å²) in [5.74, 6) is 3.64.